The molecule has 2 atom stereocenters. The normalized spacial score (nSPS) is 14.2. The molecule has 0 saturated carbocycles. The molecule has 0 radical (unpaired) electrons. The molecule has 0 aromatic heterocycles. The number of carbonyl (C=O) groups excluding carboxylic acids is 1. The van der Waals surface area contributed by atoms with Gasteiger partial charge in [0.2, 0.25) is 0 Å². The summed E-state index contributed by atoms with van der Waals surface area (Å²) in [5.74, 6) is -0.290. The van der Waals surface area contributed by atoms with Gasteiger partial charge >= 0.3 is 13.8 Å². The third kappa shape index (κ3) is 39.6. The van der Waals surface area contributed by atoms with Crippen molar-refractivity contribution in [2.24, 2.45) is 0 Å². The molecule has 0 heterocycles. The van der Waals surface area contributed by atoms with Gasteiger partial charge in [-0.05, 0) is 76.7 Å². The Morgan fingerprint density at radius 3 is 1.53 bits per heavy atom. The van der Waals surface area contributed by atoms with Gasteiger partial charge in [-0.1, -0.05) is 122 Å². The first-order valence-electron chi connectivity index (χ1n) is 20.8. The molecule has 0 aromatic carbocycles. The van der Waals surface area contributed by atoms with E-state index in [4.69, 9.17) is 18.5 Å². The third-order valence-electron chi connectivity index (χ3n) is 8.76. The van der Waals surface area contributed by atoms with E-state index in [0.29, 0.717) is 17.4 Å². The molecule has 0 aromatic rings. The van der Waals surface area contributed by atoms with Gasteiger partial charge in [-0.15, -0.1) is 0 Å². The SMILES string of the molecule is CCCCCC/C=C\CCCCCCCC(=O)OCC(COP(=O)(O)OCC[N+](C)(C)C)O/C=C\CCCCCC/C=C\CCCCCCCC. The summed E-state index contributed by atoms with van der Waals surface area (Å²) in [6, 6.07) is 0. The fraction of sp³-hybridized carbons (Fsp3) is 0.833. The molecular formula is C42H81NO7P+. The van der Waals surface area contributed by atoms with E-state index >= 15 is 0 Å². The lowest BCUT2D eigenvalue weighted by Crippen LogP contribution is -2.37. The Labute approximate surface area is 315 Å². The second-order valence-corrected chi connectivity index (χ2v) is 16.5. The van der Waals surface area contributed by atoms with E-state index in [-0.39, 0.29) is 25.8 Å². The smallest absolute Gasteiger partial charge is 0.472 e. The average Bonchev–Trinajstić information content (AvgIpc) is 3.08. The molecule has 51 heavy (non-hydrogen) atoms. The van der Waals surface area contributed by atoms with Crippen LogP contribution in [0.15, 0.2) is 36.6 Å². The van der Waals surface area contributed by atoms with E-state index in [2.05, 4.69) is 38.2 Å². The molecule has 0 amide bonds. The van der Waals surface area contributed by atoms with Crippen LogP contribution in [-0.4, -0.2) is 69.0 Å². The number of unbranched alkanes of at least 4 members (excludes halogenated alkanes) is 20. The van der Waals surface area contributed by atoms with Crippen molar-refractivity contribution in [2.45, 2.75) is 180 Å². The van der Waals surface area contributed by atoms with Crippen LogP contribution in [0, 0.1) is 0 Å². The molecule has 0 aliphatic rings. The number of likely N-dealkylation sites (N-methyl/N-ethyl adjacent to an activating group) is 1. The number of esters is 1. The molecule has 0 fully saturated rings. The highest BCUT2D eigenvalue weighted by molar-refractivity contribution is 7.47. The van der Waals surface area contributed by atoms with Crippen molar-refractivity contribution in [3.05, 3.63) is 36.6 Å². The zero-order chi connectivity index (χ0) is 37.7. The standard InChI is InChI=1S/C42H80NO7P/c1-6-8-10-12-14-16-18-20-21-22-24-26-28-30-32-34-37-47-41(40-50-51(45,46)49-38-36-43(3,4)5)39-48-42(44)35-33-31-29-27-25-23-19-17-15-13-11-9-7-2/h17,19-21,34,37,41H,6-16,18,22-33,35-36,38-40H2,1-5H3/p+1/b19-17-,21-20-,37-34-. The van der Waals surface area contributed by atoms with E-state index < -0.39 is 13.9 Å². The zero-order valence-corrected chi connectivity index (χ0v) is 34.7. The Morgan fingerprint density at radius 2 is 1.04 bits per heavy atom. The van der Waals surface area contributed by atoms with Gasteiger partial charge in [0.1, 0.15) is 19.8 Å². The van der Waals surface area contributed by atoms with Crippen LogP contribution in [0.3, 0.4) is 0 Å². The first-order valence-corrected chi connectivity index (χ1v) is 22.3. The van der Waals surface area contributed by atoms with Gasteiger partial charge in [-0.25, -0.2) is 4.57 Å². The summed E-state index contributed by atoms with van der Waals surface area (Å²) < 4.78 is 34.7. The van der Waals surface area contributed by atoms with Crippen LogP contribution < -0.4 is 0 Å². The number of quaternary nitrogens is 1. The monoisotopic (exact) mass is 743 g/mol. The Hall–Kier alpha value is -1.44. The number of ether oxygens (including phenoxy) is 2. The largest absolute Gasteiger partial charge is 0.492 e. The minimum absolute atomic E-state index is 0.0563. The van der Waals surface area contributed by atoms with Gasteiger partial charge < -0.3 is 18.9 Å². The minimum atomic E-state index is -4.26. The van der Waals surface area contributed by atoms with Crippen molar-refractivity contribution in [3.8, 4) is 0 Å². The summed E-state index contributed by atoms with van der Waals surface area (Å²) in [6.45, 7) is 4.86. The molecule has 0 aliphatic carbocycles. The Bertz CT molecular complexity index is 915. The molecule has 2 unspecified atom stereocenters. The Morgan fingerprint density at radius 1 is 0.608 bits per heavy atom. The Kier molecular flexibility index (Phi) is 34.6. The summed E-state index contributed by atoms with van der Waals surface area (Å²) >= 11 is 0. The van der Waals surface area contributed by atoms with Crippen molar-refractivity contribution in [1.29, 1.82) is 0 Å². The maximum absolute atomic E-state index is 12.4. The van der Waals surface area contributed by atoms with Crippen molar-refractivity contribution in [3.63, 3.8) is 0 Å². The van der Waals surface area contributed by atoms with Crippen molar-refractivity contribution < 1.29 is 37.3 Å². The number of carbonyl (C=O) groups is 1. The van der Waals surface area contributed by atoms with Crippen molar-refractivity contribution in [2.75, 3.05) is 47.5 Å². The van der Waals surface area contributed by atoms with E-state index in [0.717, 1.165) is 51.4 Å². The summed E-state index contributed by atoms with van der Waals surface area (Å²) in [7, 11) is 1.66. The third-order valence-corrected chi connectivity index (χ3v) is 9.75. The molecule has 9 heteroatoms. The van der Waals surface area contributed by atoms with Crippen LogP contribution >= 0.6 is 7.82 Å². The zero-order valence-electron chi connectivity index (χ0n) is 33.8. The maximum atomic E-state index is 12.4. The molecule has 0 bridgehead atoms. The van der Waals surface area contributed by atoms with Gasteiger partial charge in [0.05, 0.1) is 34.0 Å². The highest BCUT2D eigenvalue weighted by Crippen LogP contribution is 2.43. The van der Waals surface area contributed by atoms with Gasteiger partial charge in [0.15, 0.2) is 6.10 Å². The summed E-state index contributed by atoms with van der Waals surface area (Å²) in [4.78, 5) is 22.6. The van der Waals surface area contributed by atoms with Crippen LogP contribution in [0.25, 0.3) is 0 Å². The molecule has 0 rings (SSSR count). The lowest BCUT2D eigenvalue weighted by atomic mass is 10.1. The van der Waals surface area contributed by atoms with Gasteiger partial charge in [0, 0.05) is 6.42 Å². The average molecular weight is 743 g/mol. The summed E-state index contributed by atoms with van der Waals surface area (Å²) in [6.07, 6.45) is 41.3. The molecule has 0 spiro atoms. The van der Waals surface area contributed by atoms with Gasteiger partial charge in [-0.2, -0.15) is 0 Å². The van der Waals surface area contributed by atoms with Crippen LogP contribution in [0.2, 0.25) is 0 Å². The van der Waals surface area contributed by atoms with Crippen molar-refractivity contribution >= 4 is 13.8 Å². The van der Waals surface area contributed by atoms with Crippen molar-refractivity contribution in [1.82, 2.24) is 0 Å². The van der Waals surface area contributed by atoms with E-state index in [9.17, 15) is 14.3 Å². The Balaban J connectivity index is 4.35. The first-order chi connectivity index (χ1) is 24.6. The highest BCUT2D eigenvalue weighted by atomic mass is 31.2. The van der Waals surface area contributed by atoms with E-state index in [1.165, 1.54) is 103 Å². The van der Waals surface area contributed by atoms with E-state index in [1.807, 2.05) is 27.2 Å². The van der Waals surface area contributed by atoms with Crippen LogP contribution in [-0.2, 0) is 27.9 Å². The molecule has 0 aliphatic heterocycles. The fourth-order valence-corrected chi connectivity index (χ4v) is 6.15. The fourth-order valence-electron chi connectivity index (χ4n) is 5.41. The van der Waals surface area contributed by atoms with Gasteiger partial charge in [0.25, 0.3) is 0 Å². The number of phosphoric acid groups is 1. The summed E-state index contributed by atoms with van der Waals surface area (Å²) in [5, 5.41) is 0. The van der Waals surface area contributed by atoms with Crippen LogP contribution in [0.4, 0.5) is 0 Å². The van der Waals surface area contributed by atoms with Crippen LogP contribution in [0.5, 0.6) is 0 Å². The number of hydrogen-bond donors (Lipinski definition) is 1. The highest BCUT2D eigenvalue weighted by Gasteiger charge is 2.25. The molecule has 1 N–H and O–H groups in total. The van der Waals surface area contributed by atoms with Gasteiger partial charge in [-0.3, -0.25) is 13.8 Å². The lowest BCUT2D eigenvalue weighted by molar-refractivity contribution is -0.870. The topological polar surface area (TPSA) is 91.3 Å². The quantitative estimate of drug-likeness (QED) is 0.0168. The number of hydrogen-bond acceptors (Lipinski definition) is 6. The lowest BCUT2D eigenvalue weighted by Gasteiger charge is -2.24. The van der Waals surface area contributed by atoms with E-state index in [1.54, 1.807) is 6.26 Å². The number of rotatable bonds is 38. The second kappa shape index (κ2) is 35.6. The van der Waals surface area contributed by atoms with Crippen LogP contribution in [0.1, 0.15) is 174 Å². The number of allylic oxidation sites excluding steroid dienone is 5. The summed E-state index contributed by atoms with van der Waals surface area (Å²) in [5.41, 5.74) is 0. The predicted molar refractivity (Wildman–Crippen MR) is 215 cm³/mol. The second-order valence-electron chi connectivity index (χ2n) is 15.1. The molecule has 8 nitrogen and oxygen atoms in total. The number of phosphoric ester groups is 1. The maximum Gasteiger partial charge on any atom is 0.472 e. The predicted octanol–water partition coefficient (Wildman–Crippen LogP) is 12.2. The first kappa shape index (κ1) is 49.6. The molecule has 0 saturated heterocycles. The number of nitrogens with zero attached hydrogens (tertiary/aromatic N) is 1. The molecule has 300 valence electrons. The molecular weight excluding hydrogens is 661 g/mol. The minimum Gasteiger partial charge on any atom is -0.492 e.